The zero-order valence-electron chi connectivity index (χ0n) is 2.32. The summed E-state index contributed by atoms with van der Waals surface area (Å²) in [5.41, 5.74) is 0. The van der Waals surface area contributed by atoms with Crippen molar-refractivity contribution < 1.29 is 8.92 Å². The first-order valence-corrected chi connectivity index (χ1v) is 5.72. The number of hydrogen-bond donors (Lipinski definition) is 0. The van der Waals surface area contributed by atoms with Crippen LogP contribution >= 0.6 is 0 Å². The summed E-state index contributed by atoms with van der Waals surface area (Å²) in [4.78, 5) is 0. The molecular formula is O2Si3. The van der Waals surface area contributed by atoms with Gasteiger partial charge < -0.3 is 8.92 Å². The quantitative estimate of drug-likeness (QED) is 0.417. The molecular weight excluding hydrogens is 116 g/mol. The lowest BCUT2D eigenvalue weighted by Crippen LogP contribution is -1.94. The lowest BCUT2D eigenvalue weighted by atomic mass is 16.0. The molecule has 4 radical (unpaired) electrons. The van der Waals surface area contributed by atoms with Gasteiger partial charge in [0.15, 0.2) is 8.55 Å². The van der Waals surface area contributed by atoms with E-state index in [2.05, 4.69) is 0 Å². The van der Waals surface area contributed by atoms with Crippen molar-refractivity contribution in [2.45, 2.75) is 0 Å². The third kappa shape index (κ3) is 4.25. The molecule has 0 N–H and O–H groups in total. The van der Waals surface area contributed by atoms with E-state index in [1.807, 2.05) is 0 Å². The minimum absolute atomic E-state index is 0.142. The molecule has 0 aromatic heterocycles. The first kappa shape index (κ1) is 5.25. The second-order valence-electron chi connectivity index (χ2n) is 0.329. The fourth-order valence-corrected chi connectivity index (χ4v) is 0.562. The summed E-state index contributed by atoms with van der Waals surface area (Å²) in [6, 6.07) is 0. The van der Waals surface area contributed by atoms with Crippen LogP contribution in [0.4, 0.5) is 0 Å². The summed E-state index contributed by atoms with van der Waals surface area (Å²) in [7, 11) is -0.587. The van der Waals surface area contributed by atoms with E-state index in [4.69, 9.17) is 0 Å². The summed E-state index contributed by atoms with van der Waals surface area (Å²) in [6.45, 7) is 0. The molecule has 0 fully saturated rings. The molecule has 2 nitrogen and oxygen atoms in total. The van der Waals surface area contributed by atoms with Gasteiger partial charge in [0.05, 0.1) is 0 Å². The van der Waals surface area contributed by atoms with Crippen LogP contribution in [0.5, 0.6) is 0 Å². The van der Waals surface area contributed by atoms with E-state index in [9.17, 15) is 8.92 Å². The molecule has 0 bridgehead atoms. The number of hydrogen-bond acceptors (Lipinski definition) is 2. The Bertz CT molecular complexity index is 34.2. The molecule has 0 aromatic rings. The predicted octanol–water partition coefficient (Wildman–Crippen LogP) is -1.38. The van der Waals surface area contributed by atoms with Crippen molar-refractivity contribution in [2.24, 2.45) is 0 Å². The zero-order valence-corrected chi connectivity index (χ0v) is 5.32. The maximum Gasteiger partial charge on any atom is 0.300 e. The third-order valence-corrected chi connectivity index (χ3v) is 2.76. The largest absolute Gasteiger partial charge is 0.390 e. The smallest absolute Gasteiger partial charge is 0.300 e. The van der Waals surface area contributed by atoms with Gasteiger partial charge in [0.1, 0.15) is 0 Å². The Labute approximate surface area is 36.1 Å². The summed E-state index contributed by atoms with van der Waals surface area (Å²) in [5.74, 6) is 0. The molecule has 0 unspecified atom stereocenters. The van der Waals surface area contributed by atoms with Gasteiger partial charge in [-0.1, -0.05) is 0 Å². The first-order valence-electron chi connectivity index (χ1n) is 0.908. The van der Waals surface area contributed by atoms with Crippen LogP contribution in [-0.4, -0.2) is 26.4 Å². The Morgan fingerprint density at radius 1 is 1.00 bits per heavy atom. The van der Waals surface area contributed by atoms with Crippen molar-refractivity contribution in [3.05, 3.63) is 0 Å². The molecule has 0 spiro atoms. The first-order chi connectivity index (χ1) is 2.41. The molecule has 0 aliphatic carbocycles. The Morgan fingerprint density at radius 2 is 1.40 bits per heavy atom. The minimum atomic E-state index is -0.365. The van der Waals surface area contributed by atoms with Crippen molar-refractivity contribution >= 4 is 26.4 Å². The Hall–Kier alpha value is 0.251. The van der Waals surface area contributed by atoms with Gasteiger partial charge in [0.25, 0.3) is 0 Å². The molecule has 5 heavy (non-hydrogen) atoms. The highest BCUT2D eigenvalue weighted by Crippen LogP contribution is 1.23. The van der Waals surface area contributed by atoms with Gasteiger partial charge in [-0.15, -0.1) is 0 Å². The van der Waals surface area contributed by atoms with Gasteiger partial charge >= 0.3 is 17.8 Å². The van der Waals surface area contributed by atoms with Crippen molar-refractivity contribution in [3.63, 3.8) is 0 Å². The molecule has 0 heterocycles. The van der Waals surface area contributed by atoms with Gasteiger partial charge in [-0.3, -0.25) is 0 Å². The normalized spacial score (nSPS) is 6.40. The third-order valence-electron chi connectivity index (χ3n) is 0.102. The van der Waals surface area contributed by atoms with Crippen molar-refractivity contribution in [2.75, 3.05) is 0 Å². The molecule has 0 aliphatic heterocycles. The monoisotopic (exact) mass is 116 g/mol. The van der Waals surface area contributed by atoms with E-state index in [-0.39, 0.29) is 26.4 Å². The molecule has 0 saturated heterocycles. The molecule has 0 saturated carbocycles. The molecule has 5 heteroatoms. The van der Waals surface area contributed by atoms with E-state index in [0.717, 1.165) is 0 Å². The Kier molecular flexibility index (Phi) is 4.46. The molecule has 0 aromatic carbocycles. The van der Waals surface area contributed by atoms with Crippen LogP contribution < -0.4 is 0 Å². The van der Waals surface area contributed by atoms with Crippen LogP contribution in [0.2, 0.25) is 0 Å². The van der Waals surface area contributed by atoms with Crippen molar-refractivity contribution in [1.82, 2.24) is 0 Å². The summed E-state index contributed by atoms with van der Waals surface area (Å²) in [5, 5.41) is 0. The van der Waals surface area contributed by atoms with Crippen LogP contribution in [0.25, 0.3) is 0 Å². The van der Waals surface area contributed by atoms with E-state index >= 15 is 0 Å². The van der Waals surface area contributed by atoms with Gasteiger partial charge in [-0.2, -0.15) is 0 Å². The van der Waals surface area contributed by atoms with E-state index < -0.39 is 0 Å². The Balaban J connectivity index is 2.65. The van der Waals surface area contributed by atoms with Crippen molar-refractivity contribution in [1.29, 1.82) is 0 Å². The molecule has 0 atom stereocenters. The standard InChI is InChI=1S/O2Si3/c1-3-5-4-2. The van der Waals surface area contributed by atoms with E-state index in [1.165, 1.54) is 0 Å². The lowest BCUT2D eigenvalue weighted by molar-refractivity contribution is 0.583. The maximum atomic E-state index is 9.38. The van der Waals surface area contributed by atoms with Crippen LogP contribution in [0.15, 0.2) is 0 Å². The summed E-state index contributed by atoms with van der Waals surface area (Å²) in [6.07, 6.45) is 0. The summed E-state index contributed by atoms with van der Waals surface area (Å²) < 4.78 is 18.8. The fraction of sp³-hybridized carbons (Fsp3) is 0. The van der Waals surface area contributed by atoms with Crippen LogP contribution in [-0.2, 0) is 8.92 Å². The predicted molar refractivity (Wildman–Crippen MR) is 18.6 cm³/mol. The van der Waals surface area contributed by atoms with Gasteiger partial charge in [0.2, 0.25) is 0 Å². The topological polar surface area (TPSA) is 34.1 Å². The SMILES string of the molecule is O=[Si][Si][Si]=O. The highest BCUT2D eigenvalue weighted by Gasteiger charge is 1.78. The minimum Gasteiger partial charge on any atom is -0.390 e. The summed E-state index contributed by atoms with van der Waals surface area (Å²) >= 11 is 0. The zero-order chi connectivity index (χ0) is 4.12. The molecule has 0 aliphatic rings. The van der Waals surface area contributed by atoms with E-state index in [1.54, 1.807) is 0 Å². The molecule has 0 amide bonds. The highest BCUT2D eigenvalue weighted by molar-refractivity contribution is 7.21. The van der Waals surface area contributed by atoms with Crippen molar-refractivity contribution in [3.8, 4) is 0 Å². The maximum absolute atomic E-state index is 9.38. The average Bonchev–Trinajstić information content (AvgIpc) is 1.41. The molecule has 24 valence electrons. The average molecular weight is 116 g/mol. The van der Waals surface area contributed by atoms with Crippen LogP contribution in [0, 0.1) is 0 Å². The van der Waals surface area contributed by atoms with Crippen LogP contribution in [0.1, 0.15) is 0 Å². The second-order valence-corrected chi connectivity index (χ2v) is 5.21. The highest BCUT2D eigenvalue weighted by atomic mass is 29.5. The Morgan fingerprint density at radius 3 is 1.40 bits per heavy atom. The van der Waals surface area contributed by atoms with Gasteiger partial charge in [-0.25, -0.2) is 0 Å². The van der Waals surface area contributed by atoms with Crippen LogP contribution in [0.3, 0.4) is 0 Å². The van der Waals surface area contributed by atoms with Gasteiger partial charge in [-0.05, 0) is 0 Å². The fourth-order valence-electron chi connectivity index (χ4n) is 0.0208. The second kappa shape index (κ2) is 4.25. The van der Waals surface area contributed by atoms with E-state index in [0.29, 0.717) is 0 Å². The number of rotatable bonds is 2. The lowest BCUT2D eigenvalue weighted by Gasteiger charge is -1.43. The van der Waals surface area contributed by atoms with Gasteiger partial charge in [0, 0.05) is 0 Å². The molecule has 0 rings (SSSR count).